The second-order valence-corrected chi connectivity index (χ2v) is 18.9. The van der Waals surface area contributed by atoms with Gasteiger partial charge in [0.25, 0.3) is 0 Å². The highest BCUT2D eigenvalue weighted by Crippen LogP contribution is 2.42. The van der Waals surface area contributed by atoms with E-state index in [0.29, 0.717) is 0 Å². The summed E-state index contributed by atoms with van der Waals surface area (Å²) < 4.78 is 0. The quantitative estimate of drug-likeness (QED) is 0.101. The summed E-state index contributed by atoms with van der Waals surface area (Å²) in [5.74, 6) is 0. The zero-order valence-electron chi connectivity index (χ0n) is 42.2. The number of anilines is 11. The molecule has 0 amide bonds. The molecule has 0 saturated carbocycles. The molecule has 0 radical (unpaired) electrons. The van der Waals surface area contributed by atoms with E-state index in [-0.39, 0.29) is 0 Å². The summed E-state index contributed by atoms with van der Waals surface area (Å²) >= 11 is 0. The maximum absolute atomic E-state index is 2.38. The molecule has 12 rings (SSSR count). The number of allylic oxidation sites excluding steroid dienone is 4. The van der Waals surface area contributed by atoms with E-state index in [1.165, 1.54) is 33.8 Å². The first-order chi connectivity index (χ1) is 37.7. The summed E-state index contributed by atoms with van der Waals surface area (Å²) in [7, 11) is 0. The smallest absolute Gasteiger partial charge is 0.0462 e. The van der Waals surface area contributed by atoms with Crippen molar-refractivity contribution in [3.05, 3.63) is 327 Å². The molecule has 4 nitrogen and oxygen atoms in total. The zero-order valence-corrected chi connectivity index (χ0v) is 42.2. The molecule has 11 aromatic rings. The summed E-state index contributed by atoms with van der Waals surface area (Å²) in [4.78, 5) is 9.33. The van der Waals surface area contributed by atoms with E-state index >= 15 is 0 Å². The second kappa shape index (κ2) is 22.1. The third-order valence-electron chi connectivity index (χ3n) is 14.2. The van der Waals surface area contributed by atoms with Gasteiger partial charge in [-0.25, -0.2) is 0 Å². The minimum absolute atomic E-state index is 0.949. The number of para-hydroxylation sites is 6. The molecule has 1 aliphatic carbocycles. The first kappa shape index (κ1) is 47.1. The van der Waals surface area contributed by atoms with E-state index in [1.807, 2.05) is 0 Å². The van der Waals surface area contributed by atoms with Crippen LogP contribution in [0.5, 0.6) is 0 Å². The molecule has 1 aliphatic rings. The summed E-state index contributed by atoms with van der Waals surface area (Å²) in [6.07, 6.45) is 6.51. The van der Waals surface area contributed by atoms with Crippen molar-refractivity contribution in [2.45, 2.75) is 12.8 Å². The summed E-state index contributed by atoms with van der Waals surface area (Å²) in [6, 6.07) is 108. The fourth-order valence-electron chi connectivity index (χ4n) is 10.4. The maximum atomic E-state index is 2.38. The van der Waals surface area contributed by atoms with E-state index in [9.17, 15) is 0 Å². The highest BCUT2D eigenvalue weighted by atomic mass is 15.2. The molecule has 0 heterocycles. The van der Waals surface area contributed by atoms with Crippen molar-refractivity contribution in [1.82, 2.24) is 0 Å². The molecule has 11 aromatic carbocycles. The van der Waals surface area contributed by atoms with Crippen LogP contribution in [0.1, 0.15) is 18.4 Å². The third-order valence-corrected chi connectivity index (χ3v) is 14.2. The molecule has 4 heteroatoms. The van der Waals surface area contributed by atoms with Gasteiger partial charge in [-0.2, -0.15) is 0 Å². The fourth-order valence-corrected chi connectivity index (χ4v) is 10.4. The van der Waals surface area contributed by atoms with Crippen molar-refractivity contribution in [1.29, 1.82) is 0 Å². The number of benzene rings is 11. The maximum Gasteiger partial charge on any atom is 0.0462 e. The molecule has 0 atom stereocenters. The van der Waals surface area contributed by atoms with Crippen LogP contribution in [0.2, 0.25) is 0 Å². The van der Waals surface area contributed by atoms with Crippen LogP contribution in [-0.2, 0) is 0 Å². The standard InChI is InChI=1S/C72H56N4/c1-7-19-61(20-8-1)73(62-21-9-2-10-22-62)67-43-31-55(32-44-67)57-35-47-69(48-36-57)75(65-27-15-5-16-28-65)71-51-39-59(40-52-71)60-41-53-72(54-42-60)76(66-29-17-6-18-30-66)70-49-37-58(38-50-70)56-33-45-68(46-34-56)74(63-23-11-3-12-24-63)64-25-13-4-14-26-64/h1-33,35-45,47-54H,34,46H2. The SMILES string of the molecule is C1=C(c2ccc(N(c3ccccc3)c3ccc(-c4ccc(N(c5ccccc5)c5ccc(-c6ccc(N(c7ccccc7)c7ccccc7)cc6)cc5)cc4)cc3)cc2)CCC(N(c2ccccc2)c2ccccc2)=C1. The number of nitrogens with zero attached hydrogens (tertiary/aromatic N) is 4. The van der Waals surface area contributed by atoms with Gasteiger partial charge in [-0.1, -0.05) is 176 Å². The highest BCUT2D eigenvalue weighted by Gasteiger charge is 2.20. The Morgan fingerprint density at radius 3 is 0.605 bits per heavy atom. The first-order valence-corrected chi connectivity index (χ1v) is 26.1. The zero-order chi connectivity index (χ0) is 50.9. The van der Waals surface area contributed by atoms with Crippen LogP contribution in [0.25, 0.3) is 27.8 Å². The molecule has 0 unspecified atom stereocenters. The van der Waals surface area contributed by atoms with Gasteiger partial charge in [0, 0.05) is 68.3 Å². The average molecular weight is 977 g/mol. The predicted molar refractivity (Wildman–Crippen MR) is 322 cm³/mol. The summed E-state index contributed by atoms with van der Waals surface area (Å²) in [6.45, 7) is 0. The van der Waals surface area contributed by atoms with Gasteiger partial charge in [0.15, 0.2) is 0 Å². The molecular weight excluding hydrogens is 921 g/mol. The lowest BCUT2D eigenvalue weighted by Gasteiger charge is -2.30. The van der Waals surface area contributed by atoms with E-state index in [0.717, 1.165) is 80.7 Å². The first-order valence-electron chi connectivity index (χ1n) is 26.1. The van der Waals surface area contributed by atoms with Crippen molar-refractivity contribution >= 4 is 68.1 Å². The van der Waals surface area contributed by atoms with Gasteiger partial charge in [-0.05, 0) is 186 Å². The topological polar surface area (TPSA) is 13.0 Å². The van der Waals surface area contributed by atoms with Gasteiger partial charge in [-0.3, -0.25) is 0 Å². The average Bonchev–Trinajstić information content (AvgIpc) is 3.51. The molecular formula is C72H56N4. The van der Waals surface area contributed by atoms with Crippen molar-refractivity contribution in [3.63, 3.8) is 0 Å². The minimum Gasteiger partial charge on any atom is -0.314 e. The normalized spacial score (nSPS) is 12.0. The Morgan fingerprint density at radius 1 is 0.171 bits per heavy atom. The molecule has 0 aliphatic heterocycles. The molecule has 0 bridgehead atoms. The van der Waals surface area contributed by atoms with Crippen LogP contribution < -0.4 is 19.6 Å². The molecule has 0 fully saturated rings. The Kier molecular flexibility index (Phi) is 13.7. The third kappa shape index (κ3) is 10.2. The molecule has 0 spiro atoms. The summed E-state index contributed by atoms with van der Waals surface area (Å²) in [5.41, 5.74) is 20.8. The monoisotopic (exact) mass is 976 g/mol. The lowest BCUT2D eigenvalue weighted by atomic mass is 9.94. The minimum atomic E-state index is 0.949. The molecule has 0 saturated heterocycles. The van der Waals surface area contributed by atoms with Gasteiger partial charge in [0.2, 0.25) is 0 Å². The van der Waals surface area contributed by atoms with Crippen LogP contribution in [0.3, 0.4) is 0 Å². The van der Waals surface area contributed by atoms with Gasteiger partial charge in [-0.15, -0.1) is 0 Å². The van der Waals surface area contributed by atoms with Crippen LogP contribution in [0.15, 0.2) is 321 Å². The van der Waals surface area contributed by atoms with Crippen molar-refractivity contribution < 1.29 is 0 Å². The van der Waals surface area contributed by atoms with E-state index in [1.54, 1.807) is 0 Å². The Hall–Kier alpha value is -9.90. The van der Waals surface area contributed by atoms with Gasteiger partial charge < -0.3 is 19.6 Å². The van der Waals surface area contributed by atoms with Crippen LogP contribution >= 0.6 is 0 Å². The number of hydrogen-bond donors (Lipinski definition) is 0. The van der Waals surface area contributed by atoms with Crippen molar-refractivity contribution in [2.75, 3.05) is 19.6 Å². The van der Waals surface area contributed by atoms with Gasteiger partial charge in [0.05, 0.1) is 0 Å². The van der Waals surface area contributed by atoms with E-state index in [2.05, 4.69) is 335 Å². The van der Waals surface area contributed by atoms with E-state index < -0.39 is 0 Å². The molecule has 76 heavy (non-hydrogen) atoms. The van der Waals surface area contributed by atoms with Crippen molar-refractivity contribution in [3.8, 4) is 22.3 Å². The lowest BCUT2D eigenvalue weighted by Crippen LogP contribution is -2.17. The van der Waals surface area contributed by atoms with Crippen molar-refractivity contribution in [2.24, 2.45) is 0 Å². The Labute approximate surface area is 447 Å². The Bertz CT molecular complexity index is 3600. The highest BCUT2D eigenvalue weighted by molar-refractivity contribution is 5.84. The largest absolute Gasteiger partial charge is 0.314 e. The number of hydrogen-bond acceptors (Lipinski definition) is 4. The second-order valence-electron chi connectivity index (χ2n) is 18.9. The lowest BCUT2D eigenvalue weighted by molar-refractivity contribution is 0.930. The molecule has 364 valence electrons. The van der Waals surface area contributed by atoms with Crippen LogP contribution in [0.4, 0.5) is 62.6 Å². The predicted octanol–water partition coefficient (Wildman–Crippen LogP) is 20.3. The molecule has 0 N–H and O–H groups in total. The van der Waals surface area contributed by atoms with E-state index in [4.69, 9.17) is 0 Å². The van der Waals surface area contributed by atoms with Crippen LogP contribution in [0, 0.1) is 0 Å². The summed E-state index contributed by atoms with van der Waals surface area (Å²) in [5, 5.41) is 0. The van der Waals surface area contributed by atoms with Gasteiger partial charge >= 0.3 is 0 Å². The van der Waals surface area contributed by atoms with Gasteiger partial charge in [0.1, 0.15) is 0 Å². The van der Waals surface area contributed by atoms with Crippen LogP contribution in [-0.4, -0.2) is 0 Å². The fraction of sp³-hybridized carbons (Fsp3) is 0.0278. The Morgan fingerprint density at radius 2 is 0.382 bits per heavy atom. The molecule has 0 aromatic heterocycles. The number of rotatable bonds is 15. The Balaban J connectivity index is 0.771.